The average Bonchev–Trinajstić information content (AvgIpc) is 2.98. The second-order valence-electron chi connectivity index (χ2n) is 8.46. The van der Waals surface area contributed by atoms with Crippen molar-refractivity contribution in [1.29, 1.82) is 0 Å². The number of benzene rings is 1. The number of nitrogens with zero attached hydrogens (tertiary/aromatic N) is 4. The highest BCUT2D eigenvalue weighted by molar-refractivity contribution is 7.89. The fraction of sp³-hybridized carbons (Fsp3) is 0.545. The fourth-order valence-corrected chi connectivity index (χ4v) is 5.37. The summed E-state index contributed by atoms with van der Waals surface area (Å²) in [4.78, 5) is 14.5. The molecule has 1 aromatic heterocycles. The lowest BCUT2D eigenvalue weighted by atomic mass is 10.1. The Balaban J connectivity index is 1.56. The van der Waals surface area contributed by atoms with E-state index in [1.165, 1.54) is 16.4 Å². The highest BCUT2D eigenvalue weighted by Crippen LogP contribution is 2.20. The van der Waals surface area contributed by atoms with Crippen LogP contribution in [0.2, 0.25) is 0 Å². The summed E-state index contributed by atoms with van der Waals surface area (Å²) < 4.78 is 41.9. The third-order valence-corrected chi connectivity index (χ3v) is 7.61. The van der Waals surface area contributed by atoms with Gasteiger partial charge in [0.15, 0.2) is 0 Å². The van der Waals surface area contributed by atoms with E-state index in [9.17, 15) is 17.6 Å². The van der Waals surface area contributed by atoms with Crippen molar-refractivity contribution < 1.29 is 17.6 Å². The number of hydrogen-bond acceptors (Lipinski definition) is 4. The molecule has 1 fully saturated rings. The Morgan fingerprint density at radius 1 is 1.10 bits per heavy atom. The van der Waals surface area contributed by atoms with Crippen molar-refractivity contribution in [2.75, 3.05) is 26.2 Å². The minimum absolute atomic E-state index is 0.0224. The molecule has 1 aliphatic heterocycles. The van der Waals surface area contributed by atoms with E-state index in [0.29, 0.717) is 31.8 Å². The molecule has 2 aromatic rings. The average molecular weight is 451 g/mol. The van der Waals surface area contributed by atoms with E-state index in [1.54, 1.807) is 4.90 Å². The summed E-state index contributed by atoms with van der Waals surface area (Å²) in [7, 11) is -3.68. The third kappa shape index (κ3) is 5.33. The molecule has 1 amide bonds. The van der Waals surface area contributed by atoms with Crippen LogP contribution in [0.4, 0.5) is 4.39 Å². The number of aromatic nitrogens is 2. The van der Waals surface area contributed by atoms with Gasteiger partial charge in [0, 0.05) is 44.8 Å². The number of carbonyl (C=O) groups excluding carboxylic acids is 1. The molecule has 0 bridgehead atoms. The number of halogens is 1. The van der Waals surface area contributed by atoms with Gasteiger partial charge in [-0.25, -0.2) is 12.8 Å². The Labute approximate surface area is 183 Å². The van der Waals surface area contributed by atoms with E-state index in [4.69, 9.17) is 0 Å². The SMILES string of the molecule is Cc1nn(CC(C)C)c(C)c1CCC(=O)N1CCN(S(=O)(=O)c2ccc(F)cc2)CC1. The Morgan fingerprint density at radius 3 is 2.29 bits per heavy atom. The van der Waals surface area contributed by atoms with Crippen LogP contribution in [0.15, 0.2) is 29.2 Å². The van der Waals surface area contributed by atoms with Crippen molar-refractivity contribution in [1.82, 2.24) is 19.0 Å². The van der Waals surface area contributed by atoms with Crippen LogP contribution < -0.4 is 0 Å². The molecule has 0 saturated carbocycles. The molecule has 1 aromatic carbocycles. The van der Waals surface area contributed by atoms with Crippen molar-refractivity contribution in [2.45, 2.75) is 52.0 Å². The van der Waals surface area contributed by atoms with E-state index < -0.39 is 15.8 Å². The number of hydrogen-bond donors (Lipinski definition) is 0. The molecule has 0 radical (unpaired) electrons. The lowest BCUT2D eigenvalue weighted by Crippen LogP contribution is -2.50. The zero-order chi connectivity index (χ0) is 22.8. The van der Waals surface area contributed by atoms with Crippen LogP contribution >= 0.6 is 0 Å². The van der Waals surface area contributed by atoms with Crippen molar-refractivity contribution in [3.05, 3.63) is 47.0 Å². The van der Waals surface area contributed by atoms with E-state index >= 15 is 0 Å². The predicted molar refractivity (Wildman–Crippen MR) is 117 cm³/mol. The maximum atomic E-state index is 13.1. The Morgan fingerprint density at radius 2 is 1.71 bits per heavy atom. The number of piperazine rings is 1. The first-order chi connectivity index (χ1) is 14.6. The van der Waals surface area contributed by atoms with E-state index in [0.717, 1.165) is 35.6 Å². The van der Waals surface area contributed by atoms with Crippen molar-refractivity contribution in [2.24, 2.45) is 5.92 Å². The summed E-state index contributed by atoms with van der Waals surface area (Å²) in [5, 5.41) is 4.61. The zero-order valence-electron chi connectivity index (χ0n) is 18.6. The number of amides is 1. The molecule has 0 atom stereocenters. The summed E-state index contributed by atoms with van der Waals surface area (Å²) in [5.74, 6) is 0.0406. The van der Waals surface area contributed by atoms with Gasteiger partial charge < -0.3 is 4.90 Å². The van der Waals surface area contributed by atoms with Gasteiger partial charge >= 0.3 is 0 Å². The normalized spacial score (nSPS) is 15.6. The quantitative estimate of drug-likeness (QED) is 0.650. The van der Waals surface area contributed by atoms with Gasteiger partial charge in [-0.2, -0.15) is 9.40 Å². The Bertz CT molecular complexity index is 1020. The monoisotopic (exact) mass is 450 g/mol. The van der Waals surface area contributed by atoms with Crippen LogP contribution in [0, 0.1) is 25.6 Å². The molecule has 2 heterocycles. The van der Waals surface area contributed by atoms with Gasteiger partial charge in [0.1, 0.15) is 5.82 Å². The van der Waals surface area contributed by atoms with Gasteiger partial charge in [0.2, 0.25) is 15.9 Å². The number of sulfonamides is 1. The summed E-state index contributed by atoms with van der Waals surface area (Å²) in [6.45, 7) is 10.3. The lowest BCUT2D eigenvalue weighted by molar-refractivity contribution is -0.132. The van der Waals surface area contributed by atoms with Crippen LogP contribution in [0.3, 0.4) is 0 Å². The molecular formula is C22H31FN4O3S. The van der Waals surface area contributed by atoms with Gasteiger partial charge in [0.25, 0.3) is 0 Å². The molecule has 31 heavy (non-hydrogen) atoms. The smallest absolute Gasteiger partial charge is 0.243 e. The summed E-state index contributed by atoms with van der Waals surface area (Å²) >= 11 is 0. The second kappa shape index (κ2) is 9.48. The largest absolute Gasteiger partial charge is 0.340 e. The number of rotatable bonds is 7. The van der Waals surface area contributed by atoms with E-state index in [2.05, 4.69) is 18.9 Å². The van der Waals surface area contributed by atoms with E-state index in [-0.39, 0.29) is 23.9 Å². The molecule has 9 heteroatoms. The molecule has 3 rings (SSSR count). The zero-order valence-corrected chi connectivity index (χ0v) is 19.5. The number of carbonyl (C=O) groups is 1. The molecule has 0 unspecified atom stereocenters. The maximum Gasteiger partial charge on any atom is 0.243 e. The standard InChI is InChI=1S/C22H31FN4O3S/c1-16(2)15-27-18(4)21(17(3)24-27)9-10-22(28)25-11-13-26(14-12-25)31(29,30)20-7-5-19(23)6-8-20/h5-8,16H,9-15H2,1-4H3. The van der Waals surface area contributed by atoms with Crippen molar-refractivity contribution >= 4 is 15.9 Å². The Kier molecular flexibility index (Phi) is 7.16. The third-order valence-electron chi connectivity index (χ3n) is 5.70. The molecule has 1 aliphatic rings. The van der Waals surface area contributed by atoms with Crippen LogP contribution in [0.5, 0.6) is 0 Å². The first kappa shape index (κ1) is 23.4. The molecule has 0 N–H and O–H groups in total. The molecule has 7 nitrogen and oxygen atoms in total. The van der Waals surface area contributed by atoms with Crippen LogP contribution in [0.1, 0.15) is 37.2 Å². The second-order valence-corrected chi connectivity index (χ2v) is 10.4. The molecular weight excluding hydrogens is 419 g/mol. The summed E-state index contributed by atoms with van der Waals surface area (Å²) in [5.41, 5.74) is 3.18. The van der Waals surface area contributed by atoms with Crippen LogP contribution in [-0.4, -0.2) is 59.5 Å². The van der Waals surface area contributed by atoms with Gasteiger partial charge in [-0.3, -0.25) is 9.48 Å². The molecule has 170 valence electrons. The highest BCUT2D eigenvalue weighted by Gasteiger charge is 2.30. The minimum atomic E-state index is -3.68. The first-order valence-corrected chi connectivity index (χ1v) is 12.1. The predicted octanol–water partition coefficient (Wildman–Crippen LogP) is 2.76. The summed E-state index contributed by atoms with van der Waals surface area (Å²) in [6, 6.07) is 4.82. The van der Waals surface area contributed by atoms with Crippen LogP contribution in [0.25, 0.3) is 0 Å². The summed E-state index contributed by atoms with van der Waals surface area (Å²) in [6.07, 6.45) is 1.00. The Hall–Kier alpha value is -2.26. The van der Waals surface area contributed by atoms with Crippen molar-refractivity contribution in [3.63, 3.8) is 0 Å². The molecule has 0 aliphatic carbocycles. The lowest BCUT2D eigenvalue weighted by Gasteiger charge is -2.34. The fourth-order valence-electron chi connectivity index (χ4n) is 3.94. The molecule has 1 saturated heterocycles. The number of aryl methyl sites for hydroxylation is 1. The van der Waals surface area contributed by atoms with Crippen molar-refractivity contribution in [3.8, 4) is 0 Å². The molecule has 0 spiro atoms. The van der Waals surface area contributed by atoms with Gasteiger partial charge in [0.05, 0.1) is 10.6 Å². The highest BCUT2D eigenvalue weighted by atomic mass is 32.2. The topological polar surface area (TPSA) is 75.5 Å². The van der Waals surface area contributed by atoms with Gasteiger partial charge in [-0.1, -0.05) is 13.8 Å². The maximum absolute atomic E-state index is 13.1. The first-order valence-electron chi connectivity index (χ1n) is 10.7. The van der Waals surface area contributed by atoms with Gasteiger partial charge in [-0.15, -0.1) is 0 Å². The van der Waals surface area contributed by atoms with Crippen LogP contribution in [-0.2, 0) is 27.8 Å². The van der Waals surface area contributed by atoms with Gasteiger partial charge in [-0.05, 0) is 56.0 Å². The minimum Gasteiger partial charge on any atom is -0.340 e. The van der Waals surface area contributed by atoms with E-state index in [1.807, 2.05) is 18.5 Å².